The lowest BCUT2D eigenvalue weighted by Gasteiger charge is -2.18. The fourth-order valence-electron chi connectivity index (χ4n) is 5.84. The summed E-state index contributed by atoms with van der Waals surface area (Å²) in [5.41, 5.74) is 0. The van der Waals surface area contributed by atoms with Crippen LogP contribution in [-0.4, -0.2) is 52.3 Å². The highest BCUT2D eigenvalue weighted by atomic mass is 31.2. The molecule has 0 aliphatic heterocycles. The van der Waals surface area contributed by atoms with Gasteiger partial charge in [0.25, 0.3) is 0 Å². The minimum Gasteiger partial charge on any atom is -0.462 e. The third-order valence-corrected chi connectivity index (χ3v) is 9.57. The summed E-state index contributed by atoms with van der Waals surface area (Å²) in [6.45, 7) is 3.45. The molecule has 322 valence electrons. The second kappa shape index (κ2) is 40.6. The molecule has 0 aromatic heterocycles. The molecule has 9 nitrogen and oxygen atoms in total. The van der Waals surface area contributed by atoms with Gasteiger partial charge in [0.1, 0.15) is 6.61 Å². The van der Waals surface area contributed by atoms with Gasteiger partial charge in [-0.15, -0.1) is 0 Å². The molecule has 2 atom stereocenters. The van der Waals surface area contributed by atoms with E-state index in [4.69, 9.17) is 19.3 Å². The van der Waals surface area contributed by atoms with Crippen molar-refractivity contribution in [3.8, 4) is 0 Å². The van der Waals surface area contributed by atoms with Crippen molar-refractivity contribution in [3.63, 3.8) is 0 Å². The molecule has 0 aliphatic rings. The third kappa shape index (κ3) is 42.6. The number of unbranched alkanes of at least 4 members (excludes halogenated alkanes) is 17. The highest BCUT2D eigenvalue weighted by Crippen LogP contribution is 2.36. The van der Waals surface area contributed by atoms with Gasteiger partial charge in [-0.25, -0.2) is 4.57 Å². The Hall–Kier alpha value is -2.55. The second-order valence-electron chi connectivity index (χ2n) is 14.5. The zero-order valence-corrected chi connectivity index (χ0v) is 36.0. The van der Waals surface area contributed by atoms with Crippen LogP contribution in [0.1, 0.15) is 181 Å². The SMILES string of the molecule is CC/C=C\C/C=C\CC(O)/C=C/C=C\C/C=C\C/C=C\CCC(=O)O[C@H](COC(=O)CCCCCCCCCCCCCCCCCCCC)COP(=O)(O)O. The van der Waals surface area contributed by atoms with E-state index in [9.17, 15) is 19.3 Å². The van der Waals surface area contributed by atoms with E-state index in [1.807, 2.05) is 48.6 Å². The van der Waals surface area contributed by atoms with Gasteiger partial charge in [0, 0.05) is 12.8 Å². The van der Waals surface area contributed by atoms with Crippen molar-refractivity contribution in [1.82, 2.24) is 0 Å². The summed E-state index contributed by atoms with van der Waals surface area (Å²) in [6.07, 6.45) is 49.5. The first-order valence-electron chi connectivity index (χ1n) is 21.8. The predicted molar refractivity (Wildman–Crippen MR) is 231 cm³/mol. The normalized spacial score (nSPS) is 13.7. The maximum Gasteiger partial charge on any atom is 0.469 e. The van der Waals surface area contributed by atoms with Crippen LogP contribution in [0.2, 0.25) is 0 Å². The van der Waals surface area contributed by atoms with E-state index >= 15 is 0 Å². The Balaban J connectivity index is 4.07. The molecule has 0 saturated carbocycles. The highest BCUT2D eigenvalue weighted by molar-refractivity contribution is 7.46. The van der Waals surface area contributed by atoms with Gasteiger partial charge in [-0.05, 0) is 44.9 Å². The quantitative estimate of drug-likeness (QED) is 0.0182. The highest BCUT2D eigenvalue weighted by Gasteiger charge is 2.22. The van der Waals surface area contributed by atoms with Crippen molar-refractivity contribution in [2.75, 3.05) is 13.2 Å². The molecule has 56 heavy (non-hydrogen) atoms. The first kappa shape index (κ1) is 53.5. The molecular weight excluding hydrogens is 727 g/mol. The van der Waals surface area contributed by atoms with E-state index < -0.39 is 38.6 Å². The molecule has 10 heteroatoms. The average molecular weight is 807 g/mol. The van der Waals surface area contributed by atoms with E-state index in [0.29, 0.717) is 25.7 Å². The molecular formula is C46H79O9P. The molecule has 0 amide bonds. The van der Waals surface area contributed by atoms with Crippen molar-refractivity contribution in [3.05, 3.63) is 72.9 Å². The summed E-state index contributed by atoms with van der Waals surface area (Å²) in [6, 6.07) is 0. The summed E-state index contributed by atoms with van der Waals surface area (Å²) in [5, 5.41) is 9.98. The number of esters is 2. The summed E-state index contributed by atoms with van der Waals surface area (Å²) >= 11 is 0. The number of rotatable bonds is 39. The molecule has 0 fully saturated rings. The molecule has 0 spiro atoms. The zero-order valence-electron chi connectivity index (χ0n) is 35.1. The smallest absolute Gasteiger partial charge is 0.462 e. The molecule has 0 aliphatic carbocycles. The van der Waals surface area contributed by atoms with Crippen LogP contribution in [0.3, 0.4) is 0 Å². The standard InChI is InChI=1S/C46H79O9P/c1-3-5-7-9-11-12-13-14-15-16-17-18-19-20-24-27-31-35-39-45(48)53-41-44(42-54-56(50,51)52)55-46(49)40-36-32-28-25-22-21-23-26-30-34-38-43(47)37-33-29-10-8-6-4-2/h6,8,21-22,26,28-30,32-34,38,43-44,47H,3-5,7,9-20,23-25,27,31,35-37,39-42H2,1-2H3,(H2,50,51,52)/b8-6-,22-21-,30-26-,32-28-,33-29-,38-34+/t43?,44-/m1/s1. The van der Waals surface area contributed by atoms with E-state index in [0.717, 1.165) is 38.5 Å². The number of hydrogen-bond acceptors (Lipinski definition) is 7. The van der Waals surface area contributed by atoms with Gasteiger partial charge < -0.3 is 24.4 Å². The van der Waals surface area contributed by atoms with Gasteiger partial charge in [0.2, 0.25) is 0 Å². The number of ether oxygens (including phenoxy) is 2. The maximum absolute atomic E-state index is 12.4. The lowest BCUT2D eigenvalue weighted by molar-refractivity contribution is -0.161. The van der Waals surface area contributed by atoms with Gasteiger partial charge in [-0.3, -0.25) is 14.1 Å². The Labute approximate surface area is 341 Å². The van der Waals surface area contributed by atoms with Gasteiger partial charge in [-0.1, -0.05) is 196 Å². The fourth-order valence-corrected chi connectivity index (χ4v) is 6.20. The molecule has 3 N–H and O–H groups in total. The number of carbonyl (C=O) groups is 2. The van der Waals surface area contributed by atoms with Gasteiger partial charge in [0.15, 0.2) is 6.10 Å². The predicted octanol–water partition coefficient (Wildman–Crippen LogP) is 12.4. The Morgan fingerprint density at radius 1 is 0.571 bits per heavy atom. The second-order valence-corrected chi connectivity index (χ2v) is 15.7. The first-order valence-corrected chi connectivity index (χ1v) is 23.4. The molecule has 0 radical (unpaired) electrons. The van der Waals surface area contributed by atoms with Crippen molar-refractivity contribution in [2.24, 2.45) is 0 Å². The van der Waals surface area contributed by atoms with E-state index in [-0.39, 0.29) is 19.4 Å². The van der Waals surface area contributed by atoms with Crippen LogP contribution in [0.25, 0.3) is 0 Å². The maximum atomic E-state index is 12.4. The molecule has 0 aromatic carbocycles. The van der Waals surface area contributed by atoms with Gasteiger partial charge >= 0.3 is 19.8 Å². The third-order valence-electron chi connectivity index (χ3n) is 9.08. The lowest BCUT2D eigenvalue weighted by Crippen LogP contribution is -2.29. The summed E-state index contributed by atoms with van der Waals surface area (Å²) in [5.74, 6) is -1.01. The number of carbonyl (C=O) groups excluding carboxylic acids is 2. The number of phosphoric ester groups is 1. The number of aliphatic hydroxyl groups is 1. The molecule has 0 aromatic rings. The van der Waals surface area contributed by atoms with Crippen molar-refractivity contribution in [2.45, 2.75) is 193 Å². The largest absolute Gasteiger partial charge is 0.469 e. The van der Waals surface area contributed by atoms with E-state index in [1.54, 1.807) is 6.08 Å². The Morgan fingerprint density at radius 2 is 1.07 bits per heavy atom. The van der Waals surface area contributed by atoms with Gasteiger partial charge in [-0.2, -0.15) is 0 Å². The number of allylic oxidation sites excluding steroid dienone is 10. The van der Waals surface area contributed by atoms with E-state index in [2.05, 4.69) is 36.6 Å². The molecule has 0 rings (SSSR count). The van der Waals surface area contributed by atoms with Crippen LogP contribution < -0.4 is 0 Å². The van der Waals surface area contributed by atoms with Crippen LogP contribution in [0, 0.1) is 0 Å². The topological polar surface area (TPSA) is 140 Å². The average Bonchev–Trinajstić information content (AvgIpc) is 3.16. The van der Waals surface area contributed by atoms with Crippen molar-refractivity contribution >= 4 is 19.8 Å². The van der Waals surface area contributed by atoms with Crippen LogP contribution in [-0.2, 0) is 28.2 Å². The summed E-state index contributed by atoms with van der Waals surface area (Å²) in [4.78, 5) is 42.9. The van der Waals surface area contributed by atoms with Crippen molar-refractivity contribution in [1.29, 1.82) is 0 Å². The molecule has 1 unspecified atom stereocenters. The Morgan fingerprint density at radius 3 is 1.62 bits per heavy atom. The summed E-state index contributed by atoms with van der Waals surface area (Å²) < 4.78 is 26.3. The minimum absolute atomic E-state index is 0.0620. The molecule has 0 saturated heterocycles. The van der Waals surface area contributed by atoms with Crippen molar-refractivity contribution < 1.29 is 43.0 Å². The fraction of sp³-hybridized carbons (Fsp3) is 0.696. The first-order chi connectivity index (χ1) is 27.2. The lowest BCUT2D eigenvalue weighted by atomic mass is 10.0. The minimum atomic E-state index is -4.79. The number of hydrogen-bond donors (Lipinski definition) is 3. The Kier molecular flexibility index (Phi) is 38.8. The Bertz CT molecular complexity index is 1150. The number of aliphatic hydroxyl groups excluding tert-OH is 1. The van der Waals surface area contributed by atoms with Crippen LogP contribution in [0.15, 0.2) is 72.9 Å². The van der Waals surface area contributed by atoms with Gasteiger partial charge in [0.05, 0.1) is 12.7 Å². The van der Waals surface area contributed by atoms with Crippen LogP contribution >= 0.6 is 7.82 Å². The van der Waals surface area contributed by atoms with Crippen LogP contribution in [0.4, 0.5) is 0 Å². The summed E-state index contributed by atoms with van der Waals surface area (Å²) in [7, 11) is -4.79. The van der Waals surface area contributed by atoms with Crippen LogP contribution in [0.5, 0.6) is 0 Å². The molecule has 0 bridgehead atoms. The van der Waals surface area contributed by atoms with E-state index in [1.165, 1.54) is 89.9 Å². The molecule has 0 heterocycles. The number of phosphoric acid groups is 1. The zero-order chi connectivity index (χ0) is 41.2. The monoisotopic (exact) mass is 807 g/mol.